The number of alkyl halides is 3. The standard InChI is InChI=1S/C2H3N.CHF3O3S.Ni/c1-2-3;2-1(3,4)8(5,6)7;/h1H3;(H,5,6,7);. The van der Waals surface area contributed by atoms with E-state index in [0.717, 1.165) is 0 Å². The molecule has 0 aliphatic heterocycles. The van der Waals surface area contributed by atoms with Crippen molar-refractivity contribution in [2.75, 3.05) is 0 Å². The number of hydrogen-bond donors (Lipinski definition) is 1. The van der Waals surface area contributed by atoms with Gasteiger partial charge in [0.2, 0.25) is 0 Å². The molecule has 9 heteroatoms. The van der Waals surface area contributed by atoms with Crippen molar-refractivity contribution < 1.29 is 42.6 Å². The van der Waals surface area contributed by atoms with E-state index in [2.05, 4.69) is 0 Å². The van der Waals surface area contributed by atoms with Crippen LogP contribution in [0.2, 0.25) is 0 Å². The molecule has 0 aliphatic rings. The van der Waals surface area contributed by atoms with E-state index >= 15 is 0 Å². The number of hydrogen-bond acceptors (Lipinski definition) is 3. The van der Waals surface area contributed by atoms with Crippen LogP contribution in [0.5, 0.6) is 0 Å². The Labute approximate surface area is 77.0 Å². The summed E-state index contributed by atoms with van der Waals surface area (Å²) in [6.45, 7) is 1.43. The first-order valence-corrected chi connectivity index (χ1v) is 3.45. The molecule has 76 valence electrons. The minimum Gasteiger partial charge on any atom is -0.279 e. The smallest absolute Gasteiger partial charge is 0.279 e. The molecule has 0 radical (unpaired) electrons. The largest absolute Gasteiger partial charge is 0.522 e. The second kappa shape index (κ2) is 6.23. The quantitative estimate of drug-likeness (QED) is 0.393. The van der Waals surface area contributed by atoms with Crippen molar-refractivity contribution in [3.63, 3.8) is 0 Å². The molecule has 0 aromatic carbocycles. The normalized spacial score (nSPS) is 10.0. The Bertz CT molecular complexity index is 240. The van der Waals surface area contributed by atoms with Crippen LogP contribution in [0.1, 0.15) is 6.92 Å². The van der Waals surface area contributed by atoms with Gasteiger partial charge in [-0.05, 0) is 0 Å². The van der Waals surface area contributed by atoms with Crippen LogP contribution in [-0.2, 0) is 26.6 Å². The summed E-state index contributed by atoms with van der Waals surface area (Å²) in [7, 11) is -5.84. The predicted molar refractivity (Wildman–Crippen MR) is 28.9 cm³/mol. The fourth-order valence-corrected chi connectivity index (χ4v) is 0. The van der Waals surface area contributed by atoms with Gasteiger partial charge in [-0.3, -0.25) is 4.55 Å². The second-order valence-electron chi connectivity index (χ2n) is 1.14. The summed E-state index contributed by atoms with van der Waals surface area (Å²) in [6, 6.07) is 1.75. The van der Waals surface area contributed by atoms with Crippen molar-refractivity contribution in [2.45, 2.75) is 12.4 Å². The minimum atomic E-state index is -5.84. The zero-order valence-corrected chi connectivity index (χ0v) is 7.37. The Hall–Kier alpha value is -0.316. The summed E-state index contributed by atoms with van der Waals surface area (Å²) < 4.78 is 57.5. The average molecular weight is 250 g/mol. The Morgan fingerprint density at radius 2 is 1.50 bits per heavy atom. The Morgan fingerprint density at radius 3 is 1.50 bits per heavy atom. The van der Waals surface area contributed by atoms with E-state index in [1.165, 1.54) is 6.92 Å². The van der Waals surface area contributed by atoms with Crippen LogP contribution in [0.25, 0.3) is 0 Å². The van der Waals surface area contributed by atoms with Crippen molar-refractivity contribution in [3.8, 4) is 6.07 Å². The molecule has 0 fully saturated rings. The molecule has 0 aromatic rings. The van der Waals surface area contributed by atoms with Crippen LogP contribution >= 0.6 is 0 Å². The van der Waals surface area contributed by atoms with Crippen LogP contribution in [0, 0.1) is 11.3 Å². The first-order valence-electron chi connectivity index (χ1n) is 2.01. The van der Waals surface area contributed by atoms with E-state index in [4.69, 9.17) is 18.2 Å². The van der Waals surface area contributed by atoms with E-state index in [1.54, 1.807) is 6.07 Å². The van der Waals surface area contributed by atoms with Gasteiger partial charge in [0.05, 0.1) is 6.07 Å². The summed E-state index contributed by atoms with van der Waals surface area (Å²) in [5, 5.41) is 7.32. The van der Waals surface area contributed by atoms with Crippen LogP contribution in [0.15, 0.2) is 0 Å². The van der Waals surface area contributed by atoms with E-state index in [-0.39, 0.29) is 16.5 Å². The van der Waals surface area contributed by atoms with E-state index in [1.807, 2.05) is 0 Å². The number of halogens is 3. The molecule has 0 aromatic heterocycles. The molecule has 0 heterocycles. The van der Waals surface area contributed by atoms with Crippen molar-refractivity contribution in [2.24, 2.45) is 0 Å². The van der Waals surface area contributed by atoms with Crippen LogP contribution < -0.4 is 0 Å². The molecule has 0 saturated heterocycles. The van der Waals surface area contributed by atoms with Gasteiger partial charge in [0.1, 0.15) is 0 Å². The van der Waals surface area contributed by atoms with E-state index < -0.39 is 15.6 Å². The molecule has 0 bridgehead atoms. The van der Waals surface area contributed by atoms with Gasteiger partial charge < -0.3 is 0 Å². The number of nitriles is 1. The van der Waals surface area contributed by atoms with Gasteiger partial charge in [0, 0.05) is 23.4 Å². The third-order valence-electron chi connectivity index (χ3n) is 0.292. The number of nitrogens with zero attached hydrogens (tertiary/aromatic N) is 1. The van der Waals surface area contributed by atoms with Crippen molar-refractivity contribution in [1.82, 2.24) is 0 Å². The zero-order chi connectivity index (χ0) is 9.71. The Balaban J connectivity index is -0.000000177. The van der Waals surface area contributed by atoms with E-state index in [0.29, 0.717) is 0 Å². The van der Waals surface area contributed by atoms with Gasteiger partial charge in [-0.1, -0.05) is 0 Å². The number of rotatable bonds is 0. The van der Waals surface area contributed by atoms with Gasteiger partial charge in [0.25, 0.3) is 0 Å². The minimum absolute atomic E-state index is 0. The first kappa shape index (κ1) is 17.7. The Kier molecular flexibility index (Phi) is 9.18. The Morgan fingerprint density at radius 1 is 1.42 bits per heavy atom. The average Bonchev–Trinajstić information content (AvgIpc) is 1.60. The molecule has 0 amide bonds. The fourth-order valence-electron chi connectivity index (χ4n) is 0. The maximum absolute atomic E-state index is 10.7. The zero-order valence-electron chi connectivity index (χ0n) is 5.57. The van der Waals surface area contributed by atoms with Gasteiger partial charge in [-0.25, -0.2) is 0 Å². The van der Waals surface area contributed by atoms with Gasteiger partial charge in [-0.2, -0.15) is 26.9 Å². The molecular formula is C3H4F3NNiO3S. The molecule has 0 saturated carbocycles. The second-order valence-corrected chi connectivity index (χ2v) is 2.56. The van der Waals surface area contributed by atoms with Crippen LogP contribution in [-0.4, -0.2) is 18.5 Å². The first-order chi connectivity index (χ1) is 4.66. The molecule has 1 N–H and O–H groups in total. The predicted octanol–water partition coefficient (Wildman–Crippen LogP) is 0.921. The summed E-state index contributed by atoms with van der Waals surface area (Å²) in [4.78, 5) is 0. The summed E-state index contributed by atoms with van der Waals surface area (Å²) >= 11 is 0. The molecule has 0 rings (SSSR count). The topological polar surface area (TPSA) is 78.2 Å². The van der Waals surface area contributed by atoms with Gasteiger partial charge in [0.15, 0.2) is 0 Å². The summed E-state index contributed by atoms with van der Waals surface area (Å²) in [6.07, 6.45) is 0. The summed E-state index contributed by atoms with van der Waals surface area (Å²) in [5.74, 6) is 0. The van der Waals surface area contributed by atoms with E-state index in [9.17, 15) is 13.2 Å². The monoisotopic (exact) mass is 249 g/mol. The maximum atomic E-state index is 10.7. The molecule has 4 nitrogen and oxygen atoms in total. The van der Waals surface area contributed by atoms with Gasteiger partial charge in [-0.15, -0.1) is 0 Å². The third kappa shape index (κ3) is 9.68. The SMILES string of the molecule is CC#N.O=S(=O)(O)C(F)(F)F.[Ni]. The molecule has 12 heavy (non-hydrogen) atoms. The van der Waals surface area contributed by atoms with Crippen molar-refractivity contribution in [3.05, 3.63) is 0 Å². The van der Waals surface area contributed by atoms with Crippen molar-refractivity contribution >= 4 is 10.1 Å². The van der Waals surface area contributed by atoms with Crippen LogP contribution in [0.4, 0.5) is 13.2 Å². The molecular weight excluding hydrogens is 246 g/mol. The third-order valence-corrected chi connectivity index (χ3v) is 0.877. The fraction of sp³-hybridized carbons (Fsp3) is 0.667. The summed E-state index contributed by atoms with van der Waals surface area (Å²) in [5.41, 5.74) is -5.53. The molecule has 0 aliphatic carbocycles. The van der Waals surface area contributed by atoms with Crippen molar-refractivity contribution in [1.29, 1.82) is 5.26 Å². The molecule has 0 unspecified atom stereocenters. The van der Waals surface area contributed by atoms with Gasteiger partial charge >= 0.3 is 15.6 Å². The van der Waals surface area contributed by atoms with Crippen LogP contribution in [0.3, 0.4) is 0 Å². The maximum Gasteiger partial charge on any atom is 0.522 e. The molecule has 0 atom stereocenters. The molecule has 0 spiro atoms.